The first-order valence-electron chi connectivity index (χ1n) is 13.2. The Morgan fingerprint density at radius 2 is 1.18 bits per heavy atom. The summed E-state index contributed by atoms with van der Waals surface area (Å²) in [5, 5.41) is 3.55. The van der Waals surface area contributed by atoms with Gasteiger partial charge in [-0.25, -0.2) is 8.78 Å². The lowest BCUT2D eigenvalue weighted by Crippen LogP contribution is -2.12. The summed E-state index contributed by atoms with van der Waals surface area (Å²) in [6.07, 6.45) is 0. The molecule has 0 unspecified atom stereocenters. The molecule has 0 aromatic heterocycles. The zero-order valence-electron chi connectivity index (χ0n) is 23.4. The summed E-state index contributed by atoms with van der Waals surface area (Å²) in [5.41, 5.74) is 15.0. The Kier molecular flexibility index (Phi) is 7.64. The SMILES string of the molecule is CC(C)c1cc(-c2cc(C(C)(C)C)cc(-c3cc(F)cc(F)c3)c2Nc2ccccc2N)cc(C(C)C)c1. The van der Waals surface area contributed by atoms with Gasteiger partial charge in [-0.2, -0.15) is 0 Å². The van der Waals surface area contributed by atoms with E-state index in [2.05, 4.69) is 78.0 Å². The number of anilines is 3. The maximum absolute atomic E-state index is 14.5. The van der Waals surface area contributed by atoms with Crippen molar-refractivity contribution in [3.8, 4) is 22.3 Å². The molecule has 0 spiro atoms. The summed E-state index contributed by atoms with van der Waals surface area (Å²) in [4.78, 5) is 0. The van der Waals surface area contributed by atoms with Crippen LogP contribution in [-0.2, 0) is 5.41 Å². The Morgan fingerprint density at radius 3 is 1.66 bits per heavy atom. The lowest BCUT2D eigenvalue weighted by atomic mass is 9.81. The van der Waals surface area contributed by atoms with Crippen LogP contribution in [0.5, 0.6) is 0 Å². The van der Waals surface area contributed by atoms with Crippen molar-refractivity contribution in [3.63, 3.8) is 0 Å². The average Bonchev–Trinajstić information content (AvgIpc) is 2.83. The first kappa shape index (κ1) is 27.4. The van der Waals surface area contributed by atoms with Crippen LogP contribution in [0, 0.1) is 11.6 Å². The van der Waals surface area contributed by atoms with Crippen LogP contribution in [0.2, 0.25) is 0 Å². The lowest BCUT2D eigenvalue weighted by molar-refractivity contribution is 0.584. The highest BCUT2D eigenvalue weighted by Gasteiger charge is 2.23. The summed E-state index contributed by atoms with van der Waals surface area (Å²) >= 11 is 0. The van der Waals surface area contributed by atoms with Gasteiger partial charge in [-0.1, -0.05) is 78.8 Å². The van der Waals surface area contributed by atoms with Gasteiger partial charge in [0.2, 0.25) is 0 Å². The van der Waals surface area contributed by atoms with E-state index in [-0.39, 0.29) is 5.41 Å². The number of para-hydroxylation sites is 2. The first-order valence-corrected chi connectivity index (χ1v) is 13.2. The highest BCUT2D eigenvalue weighted by atomic mass is 19.1. The summed E-state index contributed by atoms with van der Waals surface area (Å²) < 4.78 is 29.0. The van der Waals surface area contributed by atoms with E-state index in [0.29, 0.717) is 23.1 Å². The molecule has 0 fully saturated rings. The third kappa shape index (κ3) is 5.91. The van der Waals surface area contributed by atoms with Gasteiger partial charge in [0.1, 0.15) is 11.6 Å². The molecule has 4 aromatic carbocycles. The predicted molar refractivity (Wildman–Crippen MR) is 158 cm³/mol. The largest absolute Gasteiger partial charge is 0.397 e. The Hall–Kier alpha value is -3.66. The van der Waals surface area contributed by atoms with E-state index in [1.165, 1.54) is 23.3 Å². The van der Waals surface area contributed by atoms with Crippen LogP contribution in [0.25, 0.3) is 22.3 Å². The lowest BCUT2D eigenvalue weighted by Gasteiger charge is -2.26. The summed E-state index contributed by atoms with van der Waals surface area (Å²) in [5.74, 6) is -0.541. The maximum Gasteiger partial charge on any atom is 0.126 e. The monoisotopic (exact) mass is 512 g/mol. The molecule has 0 aliphatic carbocycles. The van der Waals surface area contributed by atoms with Gasteiger partial charge in [-0.05, 0) is 81.5 Å². The topological polar surface area (TPSA) is 38.0 Å². The minimum Gasteiger partial charge on any atom is -0.397 e. The van der Waals surface area contributed by atoms with Crippen molar-refractivity contribution in [2.45, 2.75) is 65.7 Å². The quantitative estimate of drug-likeness (QED) is 0.252. The molecule has 2 nitrogen and oxygen atoms in total. The van der Waals surface area contributed by atoms with Gasteiger partial charge < -0.3 is 11.1 Å². The molecule has 198 valence electrons. The molecule has 0 amide bonds. The van der Waals surface area contributed by atoms with Gasteiger partial charge >= 0.3 is 0 Å². The zero-order valence-corrected chi connectivity index (χ0v) is 23.4. The van der Waals surface area contributed by atoms with Crippen LogP contribution >= 0.6 is 0 Å². The van der Waals surface area contributed by atoms with Crippen molar-refractivity contribution in [1.82, 2.24) is 0 Å². The van der Waals surface area contributed by atoms with Crippen LogP contribution in [-0.4, -0.2) is 0 Å². The molecule has 4 aromatic rings. The third-order valence-corrected chi connectivity index (χ3v) is 7.02. The molecule has 4 heteroatoms. The molecule has 0 radical (unpaired) electrons. The second-order valence-corrected chi connectivity index (χ2v) is 11.8. The second-order valence-electron chi connectivity index (χ2n) is 11.8. The number of hydrogen-bond donors (Lipinski definition) is 2. The highest BCUT2D eigenvalue weighted by molar-refractivity contribution is 5.95. The molecule has 0 aliphatic rings. The first-order chi connectivity index (χ1) is 17.8. The van der Waals surface area contributed by atoms with Crippen LogP contribution in [0.15, 0.2) is 72.8 Å². The molecule has 3 N–H and O–H groups in total. The Bertz CT molecular complexity index is 1420. The van der Waals surface area contributed by atoms with E-state index >= 15 is 0 Å². The summed E-state index contributed by atoms with van der Waals surface area (Å²) in [6, 6.07) is 22.2. The standard InChI is InChI=1S/C34H38F2N2/c1-20(2)22-12-23(21(3)4)14-24(13-22)29-17-26(34(5,6)7)18-30(25-15-27(35)19-28(36)16-25)33(29)38-32-11-9-8-10-31(32)37/h8-21,38H,37H2,1-7H3. The Morgan fingerprint density at radius 1 is 0.684 bits per heavy atom. The molecular weight excluding hydrogens is 474 g/mol. The minimum atomic E-state index is -0.614. The normalized spacial score (nSPS) is 11.9. The predicted octanol–water partition coefficient (Wildman–Crippen LogP) is 10.2. The molecule has 4 rings (SSSR count). The van der Waals surface area contributed by atoms with Crippen molar-refractivity contribution in [2.75, 3.05) is 11.1 Å². The van der Waals surface area contributed by atoms with Gasteiger partial charge in [0, 0.05) is 17.2 Å². The Labute approximate surface area is 225 Å². The fourth-order valence-electron chi connectivity index (χ4n) is 4.62. The summed E-state index contributed by atoms with van der Waals surface area (Å²) in [6.45, 7) is 15.2. The van der Waals surface area contributed by atoms with E-state index < -0.39 is 11.6 Å². The Balaban J connectivity index is 2.12. The van der Waals surface area contributed by atoms with E-state index in [4.69, 9.17) is 5.73 Å². The second kappa shape index (κ2) is 10.6. The molecule has 0 aliphatic heterocycles. The van der Waals surface area contributed by atoms with Gasteiger partial charge in [-0.3, -0.25) is 0 Å². The van der Waals surface area contributed by atoms with Gasteiger partial charge in [-0.15, -0.1) is 0 Å². The number of nitrogens with two attached hydrogens (primary N) is 1. The molecular formula is C34H38F2N2. The number of halogens is 2. The van der Waals surface area contributed by atoms with Crippen LogP contribution < -0.4 is 11.1 Å². The van der Waals surface area contributed by atoms with Gasteiger partial charge in [0.25, 0.3) is 0 Å². The van der Waals surface area contributed by atoms with E-state index in [1.807, 2.05) is 30.3 Å². The van der Waals surface area contributed by atoms with Crippen molar-refractivity contribution >= 4 is 17.1 Å². The number of rotatable bonds is 6. The van der Waals surface area contributed by atoms with Crippen LogP contribution in [0.3, 0.4) is 0 Å². The van der Waals surface area contributed by atoms with Gasteiger partial charge in [0.05, 0.1) is 17.1 Å². The third-order valence-electron chi connectivity index (χ3n) is 7.02. The number of nitrogens with one attached hydrogen (secondary N) is 1. The molecule has 0 heterocycles. The fourth-order valence-corrected chi connectivity index (χ4v) is 4.62. The highest BCUT2D eigenvalue weighted by Crippen LogP contribution is 2.44. The minimum absolute atomic E-state index is 0.198. The van der Waals surface area contributed by atoms with Crippen molar-refractivity contribution < 1.29 is 8.78 Å². The number of nitrogen functional groups attached to an aromatic ring is 1. The molecule has 0 saturated heterocycles. The smallest absolute Gasteiger partial charge is 0.126 e. The van der Waals surface area contributed by atoms with Crippen molar-refractivity contribution in [3.05, 3.63) is 101 Å². The van der Waals surface area contributed by atoms with E-state index in [9.17, 15) is 8.78 Å². The maximum atomic E-state index is 14.5. The molecule has 0 atom stereocenters. The molecule has 0 saturated carbocycles. The summed E-state index contributed by atoms with van der Waals surface area (Å²) in [7, 11) is 0. The van der Waals surface area contributed by atoms with Crippen LogP contribution in [0.1, 0.15) is 77.0 Å². The van der Waals surface area contributed by atoms with Gasteiger partial charge in [0.15, 0.2) is 0 Å². The van der Waals surface area contributed by atoms with Crippen molar-refractivity contribution in [1.29, 1.82) is 0 Å². The number of hydrogen-bond acceptors (Lipinski definition) is 2. The van der Waals surface area contributed by atoms with E-state index in [1.54, 1.807) is 0 Å². The fraction of sp³-hybridized carbons (Fsp3) is 0.294. The molecule has 38 heavy (non-hydrogen) atoms. The number of benzene rings is 4. The zero-order chi connectivity index (χ0) is 27.8. The van der Waals surface area contributed by atoms with Crippen LogP contribution in [0.4, 0.5) is 25.8 Å². The molecule has 0 bridgehead atoms. The van der Waals surface area contributed by atoms with E-state index in [0.717, 1.165) is 39.7 Å². The average molecular weight is 513 g/mol. The van der Waals surface area contributed by atoms with Crippen molar-refractivity contribution in [2.24, 2.45) is 0 Å².